The SMILES string of the molecule is COC(=O)C1(NC(=O)Cc2c(F)cccc2Cl)CCC(c2ccccc2)CC1. The van der Waals surface area contributed by atoms with Gasteiger partial charge in [0.2, 0.25) is 5.91 Å². The van der Waals surface area contributed by atoms with Crippen molar-refractivity contribution in [3.05, 3.63) is 70.5 Å². The molecule has 1 aliphatic carbocycles. The van der Waals surface area contributed by atoms with E-state index in [-0.39, 0.29) is 17.0 Å². The van der Waals surface area contributed by atoms with Gasteiger partial charge in [-0.25, -0.2) is 9.18 Å². The molecule has 1 amide bonds. The van der Waals surface area contributed by atoms with Crippen molar-refractivity contribution in [2.45, 2.75) is 43.6 Å². The van der Waals surface area contributed by atoms with Crippen molar-refractivity contribution >= 4 is 23.5 Å². The third-order valence-corrected chi connectivity index (χ3v) is 5.82. The molecule has 148 valence electrons. The summed E-state index contributed by atoms with van der Waals surface area (Å²) < 4.78 is 19.0. The molecule has 2 aromatic carbocycles. The first-order chi connectivity index (χ1) is 13.4. The van der Waals surface area contributed by atoms with Crippen LogP contribution in [-0.4, -0.2) is 24.5 Å². The first kappa shape index (κ1) is 20.3. The number of carbonyl (C=O) groups is 2. The Morgan fingerprint density at radius 3 is 2.43 bits per heavy atom. The Balaban J connectivity index is 1.72. The predicted octanol–water partition coefficient (Wildman–Crippen LogP) is 4.41. The van der Waals surface area contributed by atoms with Gasteiger partial charge in [0.05, 0.1) is 13.5 Å². The summed E-state index contributed by atoms with van der Waals surface area (Å²) in [6.07, 6.45) is 2.21. The third-order valence-electron chi connectivity index (χ3n) is 5.46. The zero-order chi connectivity index (χ0) is 20.1. The zero-order valence-corrected chi connectivity index (χ0v) is 16.5. The summed E-state index contributed by atoms with van der Waals surface area (Å²) in [6, 6.07) is 14.4. The van der Waals surface area contributed by atoms with E-state index in [2.05, 4.69) is 17.4 Å². The number of nitrogens with one attached hydrogen (secondary N) is 1. The van der Waals surface area contributed by atoms with Crippen LogP contribution in [0.4, 0.5) is 4.39 Å². The maximum atomic E-state index is 14.0. The highest BCUT2D eigenvalue weighted by molar-refractivity contribution is 6.31. The first-order valence-corrected chi connectivity index (χ1v) is 9.70. The minimum Gasteiger partial charge on any atom is -0.467 e. The number of esters is 1. The molecule has 1 saturated carbocycles. The lowest BCUT2D eigenvalue weighted by atomic mass is 9.74. The number of ether oxygens (including phenoxy) is 1. The van der Waals surface area contributed by atoms with Gasteiger partial charge in [0.15, 0.2) is 0 Å². The maximum Gasteiger partial charge on any atom is 0.331 e. The van der Waals surface area contributed by atoms with Crippen molar-refractivity contribution in [2.24, 2.45) is 0 Å². The van der Waals surface area contributed by atoms with Gasteiger partial charge in [-0.1, -0.05) is 48.0 Å². The van der Waals surface area contributed by atoms with Gasteiger partial charge in [0.1, 0.15) is 11.4 Å². The van der Waals surface area contributed by atoms with Gasteiger partial charge >= 0.3 is 5.97 Å². The molecule has 0 aliphatic heterocycles. The third kappa shape index (κ3) is 4.36. The fourth-order valence-electron chi connectivity index (χ4n) is 3.92. The zero-order valence-electron chi connectivity index (χ0n) is 15.7. The standard InChI is InChI=1S/C22H23ClFNO3/c1-28-21(27)22(12-10-16(11-13-22)15-6-3-2-4-7-15)25-20(26)14-17-18(23)8-5-9-19(17)24/h2-9,16H,10-14H2,1H3,(H,25,26). The molecule has 1 fully saturated rings. The highest BCUT2D eigenvalue weighted by Crippen LogP contribution is 2.38. The number of rotatable bonds is 5. The molecule has 0 heterocycles. The second-order valence-electron chi connectivity index (χ2n) is 7.18. The monoisotopic (exact) mass is 403 g/mol. The Morgan fingerprint density at radius 1 is 1.14 bits per heavy atom. The van der Waals surface area contributed by atoms with Crippen LogP contribution in [0.25, 0.3) is 0 Å². The van der Waals surface area contributed by atoms with Crippen molar-refractivity contribution in [3.63, 3.8) is 0 Å². The second-order valence-corrected chi connectivity index (χ2v) is 7.59. The molecule has 0 saturated heterocycles. The molecule has 3 rings (SSSR count). The fourth-order valence-corrected chi connectivity index (χ4v) is 4.15. The Morgan fingerprint density at radius 2 is 1.82 bits per heavy atom. The van der Waals surface area contributed by atoms with Crippen LogP contribution >= 0.6 is 11.6 Å². The van der Waals surface area contributed by atoms with E-state index < -0.39 is 23.2 Å². The van der Waals surface area contributed by atoms with E-state index in [4.69, 9.17) is 16.3 Å². The molecule has 1 N–H and O–H groups in total. The molecule has 1 aliphatic rings. The molecule has 2 aromatic rings. The van der Waals surface area contributed by atoms with Gasteiger partial charge in [-0.3, -0.25) is 4.79 Å². The molecule has 0 aromatic heterocycles. The van der Waals surface area contributed by atoms with E-state index in [1.54, 1.807) is 0 Å². The van der Waals surface area contributed by atoms with E-state index in [0.29, 0.717) is 18.8 Å². The molecular weight excluding hydrogens is 381 g/mol. The summed E-state index contributed by atoms with van der Waals surface area (Å²) in [5.41, 5.74) is 0.263. The van der Waals surface area contributed by atoms with Crippen LogP contribution in [0.15, 0.2) is 48.5 Å². The van der Waals surface area contributed by atoms with Crippen LogP contribution in [-0.2, 0) is 20.7 Å². The highest BCUT2D eigenvalue weighted by Gasteiger charge is 2.44. The average Bonchev–Trinajstić information content (AvgIpc) is 2.71. The molecule has 0 bridgehead atoms. The normalized spacial score (nSPS) is 21.8. The van der Waals surface area contributed by atoms with Crippen molar-refractivity contribution in [3.8, 4) is 0 Å². The average molecular weight is 404 g/mol. The van der Waals surface area contributed by atoms with Gasteiger partial charge < -0.3 is 10.1 Å². The summed E-state index contributed by atoms with van der Waals surface area (Å²) >= 11 is 6.02. The van der Waals surface area contributed by atoms with Gasteiger partial charge in [-0.15, -0.1) is 0 Å². The molecule has 0 atom stereocenters. The number of hydrogen-bond donors (Lipinski definition) is 1. The number of methoxy groups -OCH3 is 1. The summed E-state index contributed by atoms with van der Waals surface area (Å²) in [5, 5.41) is 3.01. The van der Waals surface area contributed by atoms with E-state index in [0.717, 1.165) is 12.8 Å². The smallest absolute Gasteiger partial charge is 0.331 e. The van der Waals surface area contributed by atoms with Crippen LogP contribution in [0.1, 0.15) is 42.7 Å². The van der Waals surface area contributed by atoms with Crippen LogP contribution in [0.3, 0.4) is 0 Å². The maximum absolute atomic E-state index is 14.0. The topological polar surface area (TPSA) is 55.4 Å². The lowest BCUT2D eigenvalue weighted by molar-refractivity contribution is -0.152. The van der Waals surface area contributed by atoms with Crippen LogP contribution in [0, 0.1) is 5.82 Å². The largest absolute Gasteiger partial charge is 0.467 e. The van der Waals surface area contributed by atoms with Crippen molar-refractivity contribution in [1.82, 2.24) is 5.32 Å². The molecular formula is C22H23ClFNO3. The van der Waals surface area contributed by atoms with E-state index in [1.165, 1.54) is 30.9 Å². The van der Waals surface area contributed by atoms with Crippen LogP contribution < -0.4 is 5.32 Å². The van der Waals surface area contributed by atoms with Crippen molar-refractivity contribution in [2.75, 3.05) is 7.11 Å². The predicted molar refractivity (Wildman–Crippen MR) is 106 cm³/mol. The summed E-state index contributed by atoms with van der Waals surface area (Å²) in [7, 11) is 1.31. The van der Waals surface area contributed by atoms with Crippen LogP contribution in [0.2, 0.25) is 5.02 Å². The van der Waals surface area contributed by atoms with Gasteiger partial charge in [0, 0.05) is 10.6 Å². The summed E-state index contributed by atoms with van der Waals surface area (Å²) in [4.78, 5) is 25.1. The van der Waals surface area contributed by atoms with Crippen molar-refractivity contribution in [1.29, 1.82) is 0 Å². The van der Waals surface area contributed by atoms with Crippen molar-refractivity contribution < 1.29 is 18.7 Å². The molecule has 6 heteroatoms. The first-order valence-electron chi connectivity index (χ1n) is 9.32. The summed E-state index contributed by atoms with van der Waals surface area (Å²) in [6.45, 7) is 0. The van der Waals surface area contributed by atoms with Crippen LogP contribution in [0.5, 0.6) is 0 Å². The molecule has 4 nitrogen and oxygen atoms in total. The molecule has 0 radical (unpaired) electrons. The van der Waals surface area contributed by atoms with E-state index in [9.17, 15) is 14.0 Å². The molecule has 0 spiro atoms. The minimum atomic E-state index is -1.09. The number of halogens is 2. The Hall–Kier alpha value is -2.40. The Bertz CT molecular complexity index is 828. The Labute approximate surface area is 169 Å². The molecule has 0 unspecified atom stereocenters. The number of carbonyl (C=O) groups excluding carboxylic acids is 2. The van der Waals surface area contributed by atoms with Gasteiger partial charge in [0.25, 0.3) is 0 Å². The number of hydrogen-bond acceptors (Lipinski definition) is 3. The van der Waals surface area contributed by atoms with Gasteiger partial charge in [-0.05, 0) is 49.3 Å². The van der Waals surface area contributed by atoms with Gasteiger partial charge in [-0.2, -0.15) is 0 Å². The number of amides is 1. The fraction of sp³-hybridized carbons (Fsp3) is 0.364. The minimum absolute atomic E-state index is 0.125. The highest BCUT2D eigenvalue weighted by atomic mass is 35.5. The quantitative estimate of drug-likeness (QED) is 0.752. The lowest BCUT2D eigenvalue weighted by Crippen LogP contribution is -2.57. The second kappa shape index (κ2) is 8.74. The molecule has 28 heavy (non-hydrogen) atoms. The Kier molecular flexibility index (Phi) is 6.35. The lowest BCUT2D eigenvalue weighted by Gasteiger charge is -2.38. The van der Waals surface area contributed by atoms with E-state index >= 15 is 0 Å². The summed E-state index contributed by atoms with van der Waals surface area (Å²) in [5.74, 6) is -1.12. The van der Waals surface area contributed by atoms with E-state index in [1.807, 2.05) is 18.2 Å². The number of benzene rings is 2.